The molecule has 0 amide bonds. The summed E-state index contributed by atoms with van der Waals surface area (Å²) in [4.78, 5) is 14.7. The van der Waals surface area contributed by atoms with E-state index in [0.717, 1.165) is 16.9 Å². The molecule has 3 heterocycles. The highest BCUT2D eigenvalue weighted by Crippen LogP contribution is 2.22. The zero-order chi connectivity index (χ0) is 16.7. The third-order valence-electron chi connectivity index (χ3n) is 3.77. The molecular weight excluding hydrogens is 305 g/mol. The number of rotatable bonds is 3. The third-order valence-corrected chi connectivity index (χ3v) is 3.77. The molecule has 0 fully saturated rings. The van der Waals surface area contributed by atoms with Crippen LogP contribution in [0.3, 0.4) is 0 Å². The average Bonchev–Trinajstić information content (AvgIpc) is 3.16. The van der Waals surface area contributed by atoms with Crippen LogP contribution in [-0.4, -0.2) is 31.9 Å². The summed E-state index contributed by atoms with van der Waals surface area (Å²) in [5.41, 5.74) is 3.12. The number of benzene rings is 1. The number of aromatic nitrogens is 4. The van der Waals surface area contributed by atoms with Gasteiger partial charge in [-0.2, -0.15) is 5.10 Å². The molecule has 0 aliphatic heterocycles. The van der Waals surface area contributed by atoms with Crippen LogP contribution in [0.25, 0.3) is 22.6 Å². The van der Waals surface area contributed by atoms with Crippen LogP contribution in [-0.2, 0) is 0 Å². The number of imidazole rings is 1. The van der Waals surface area contributed by atoms with Crippen LogP contribution in [0.2, 0.25) is 0 Å². The number of nitro benzene ring substituents is 1. The van der Waals surface area contributed by atoms with Gasteiger partial charge >= 0.3 is 0 Å². The number of fused-ring (bicyclic) bond motifs is 1. The van der Waals surface area contributed by atoms with Gasteiger partial charge in [0.1, 0.15) is 13.5 Å². The summed E-state index contributed by atoms with van der Waals surface area (Å²) < 4.78 is 3.53. The standard InChI is InChI=1S/C16H10BN5O2/c17-13-4-3-12(8-15(13)22(23)24)20-6-7-21-16(20)9-14(19-21)11-2-1-5-18-10-11/h1-10H. The van der Waals surface area contributed by atoms with Gasteiger partial charge in [-0.25, -0.2) is 4.52 Å². The maximum Gasteiger partial charge on any atom is 0.264 e. The Morgan fingerprint density at radius 2 is 2.04 bits per heavy atom. The lowest BCUT2D eigenvalue weighted by atomic mass is 9.94. The largest absolute Gasteiger partial charge is 0.300 e. The maximum absolute atomic E-state index is 11.1. The SMILES string of the molecule is [B]c1ccc(-n2ccn3nc(-c4cccnc4)cc23)cc1[N+](=O)[O-]. The summed E-state index contributed by atoms with van der Waals surface area (Å²) in [5, 5.41) is 15.6. The lowest BCUT2D eigenvalue weighted by Gasteiger charge is -2.05. The van der Waals surface area contributed by atoms with Gasteiger partial charge in [0.05, 0.1) is 16.3 Å². The summed E-state index contributed by atoms with van der Waals surface area (Å²) in [7, 11) is 5.66. The predicted molar refractivity (Wildman–Crippen MR) is 89.8 cm³/mol. The molecule has 114 valence electrons. The van der Waals surface area contributed by atoms with E-state index < -0.39 is 4.92 Å². The van der Waals surface area contributed by atoms with E-state index >= 15 is 0 Å². The van der Waals surface area contributed by atoms with Crippen molar-refractivity contribution in [3.05, 3.63) is 71.3 Å². The summed E-state index contributed by atoms with van der Waals surface area (Å²) >= 11 is 0. The van der Waals surface area contributed by atoms with Crippen molar-refractivity contribution in [2.75, 3.05) is 0 Å². The van der Waals surface area contributed by atoms with E-state index in [4.69, 9.17) is 7.85 Å². The van der Waals surface area contributed by atoms with Gasteiger partial charge in [0.25, 0.3) is 5.69 Å². The Morgan fingerprint density at radius 3 is 2.79 bits per heavy atom. The van der Waals surface area contributed by atoms with Gasteiger partial charge < -0.3 is 0 Å². The molecular formula is C16H10BN5O2. The number of hydrogen-bond acceptors (Lipinski definition) is 4. The molecule has 0 spiro atoms. The van der Waals surface area contributed by atoms with Gasteiger partial charge in [-0.15, -0.1) is 0 Å². The summed E-state index contributed by atoms with van der Waals surface area (Å²) in [6.45, 7) is 0. The fourth-order valence-electron chi connectivity index (χ4n) is 2.59. The first-order valence-corrected chi connectivity index (χ1v) is 7.15. The molecule has 0 aliphatic rings. The Kier molecular flexibility index (Phi) is 3.16. The Labute approximate surface area is 137 Å². The van der Waals surface area contributed by atoms with Gasteiger partial charge in [-0.3, -0.25) is 19.7 Å². The second-order valence-corrected chi connectivity index (χ2v) is 5.24. The number of nitro groups is 1. The van der Waals surface area contributed by atoms with Gasteiger partial charge in [0.2, 0.25) is 0 Å². The van der Waals surface area contributed by atoms with Crippen LogP contribution in [0.15, 0.2) is 61.2 Å². The van der Waals surface area contributed by atoms with Crippen molar-refractivity contribution in [1.29, 1.82) is 0 Å². The van der Waals surface area contributed by atoms with Gasteiger partial charge in [0, 0.05) is 42.5 Å². The van der Waals surface area contributed by atoms with E-state index in [-0.39, 0.29) is 11.2 Å². The molecule has 0 atom stereocenters. The first-order chi connectivity index (χ1) is 11.6. The monoisotopic (exact) mass is 315 g/mol. The van der Waals surface area contributed by atoms with Crippen LogP contribution in [0.4, 0.5) is 5.69 Å². The molecule has 0 saturated carbocycles. The van der Waals surface area contributed by atoms with Crippen LogP contribution >= 0.6 is 0 Å². The minimum atomic E-state index is -0.489. The Hall–Kier alpha value is -3.42. The van der Waals surface area contributed by atoms with Crippen LogP contribution in [0.5, 0.6) is 0 Å². The molecule has 4 rings (SSSR count). The molecule has 8 heteroatoms. The van der Waals surface area contributed by atoms with E-state index in [0.29, 0.717) is 5.69 Å². The highest BCUT2D eigenvalue weighted by atomic mass is 16.6. The smallest absolute Gasteiger partial charge is 0.264 e. The van der Waals surface area contributed by atoms with E-state index in [1.54, 1.807) is 35.4 Å². The van der Waals surface area contributed by atoms with Crippen LogP contribution in [0.1, 0.15) is 0 Å². The van der Waals surface area contributed by atoms with Crippen molar-refractivity contribution in [2.45, 2.75) is 0 Å². The highest BCUT2D eigenvalue weighted by Gasteiger charge is 2.14. The molecule has 0 aliphatic carbocycles. The Morgan fingerprint density at radius 1 is 1.17 bits per heavy atom. The van der Waals surface area contributed by atoms with Gasteiger partial charge in [-0.1, -0.05) is 6.07 Å². The molecule has 4 aromatic rings. The normalized spacial score (nSPS) is 11.0. The predicted octanol–water partition coefficient (Wildman–Crippen LogP) is 1.89. The van der Waals surface area contributed by atoms with E-state index in [1.807, 2.05) is 22.8 Å². The molecule has 7 nitrogen and oxygen atoms in total. The summed E-state index contributed by atoms with van der Waals surface area (Å²) in [6, 6.07) is 10.4. The quantitative estimate of drug-likeness (QED) is 0.328. The first kappa shape index (κ1) is 14.2. The molecule has 1 aromatic carbocycles. The molecule has 0 unspecified atom stereocenters. The zero-order valence-corrected chi connectivity index (χ0v) is 12.4. The van der Waals surface area contributed by atoms with Crippen molar-refractivity contribution in [3.63, 3.8) is 0 Å². The second kappa shape index (κ2) is 5.34. The molecule has 0 N–H and O–H groups in total. The van der Waals surface area contributed by atoms with Crippen molar-refractivity contribution in [3.8, 4) is 16.9 Å². The van der Waals surface area contributed by atoms with Crippen molar-refractivity contribution < 1.29 is 4.92 Å². The zero-order valence-electron chi connectivity index (χ0n) is 12.4. The molecule has 0 bridgehead atoms. The minimum Gasteiger partial charge on any atom is -0.300 e. The summed E-state index contributed by atoms with van der Waals surface area (Å²) in [5.74, 6) is 0. The Balaban J connectivity index is 1.85. The lowest BCUT2D eigenvalue weighted by Crippen LogP contribution is -2.10. The number of hydrogen-bond donors (Lipinski definition) is 0. The van der Waals surface area contributed by atoms with Gasteiger partial charge in [-0.05, 0) is 23.7 Å². The van der Waals surface area contributed by atoms with Crippen molar-refractivity contribution >= 4 is 24.6 Å². The van der Waals surface area contributed by atoms with Crippen LogP contribution < -0.4 is 5.46 Å². The van der Waals surface area contributed by atoms with E-state index in [2.05, 4.69) is 10.1 Å². The molecule has 3 aromatic heterocycles. The molecule has 0 saturated heterocycles. The maximum atomic E-state index is 11.1. The topological polar surface area (TPSA) is 78.3 Å². The first-order valence-electron chi connectivity index (χ1n) is 7.15. The second-order valence-electron chi connectivity index (χ2n) is 5.24. The Bertz CT molecular complexity index is 1050. The minimum absolute atomic E-state index is 0.119. The number of pyridine rings is 1. The van der Waals surface area contributed by atoms with E-state index in [1.165, 1.54) is 12.1 Å². The summed E-state index contributed by atoms with van der Waals surface area (Å²) in [6.07, 6.45) is 7.02. The highest BCUT2D eigenvalue weighted by molar-refractivity contribution is 6.35. The third kappa shape index (κ3) is 2.25. The fourth-order valence-corrected chi connectivity index (χ4v) is 2.59. The van der Waals surface area contributed by atoms with Crippen molar-refractivity contribution in [1.82, 2.24) is 19.2 Å². The van der Waals surface area contributed by atoms with Crippen molar-refractivity contribution in [2.24, 2.45) is 0 Å². The number of nitrogens with zero attached hydrogens (tertiary/aromatic N) is 5. The average molecular weight is 315 g/mol. The molecule has 24 heavy (non-hydrogen) atoms. The van der Waals surface area contributed by atoms with Crippen LogP contribution in [0, 0.1) is 10.1 Å². The van der Waals surface area contributed by atoms with E-state index in [9.17, 15) is 10.1 Å². The fraction of sp³-hybridized carbons (Fsp3) is 0. The molecule has 2 radical (unpaired) electrons. The lowest BCUT2D eigenvalue weighted by molar-refractivity contribution is -0.383. The van der Waals surface area contributed by atoms with Gasteiger partial charge in [0.15, 0.2) is 0 Å².